The third-order valence-corrected chi connectivity index (χ3v) is 4.32. The molecule has 1 aliphatic rings. The quantitative estimate of drug-likeness (QED) is 0.344. The molecule has 160 valence electrons. The van der Waals surface area contributed by atoms with Gasteiger partial charge in [0.15, 0.2) is 5.96 Å². The standard InChI is InChI=1S/C18H23F3N6O.HI/c1-3-22-18(25-14-7-5-9-27-16(14)24-11(2)26-27)23-10-12-13(19)6-4-8-15(12)28-17(20)21;/h4,6,8,14,17H,3,5,7,9-10H2,1-2H3,(H2,22,23,25);1H. The summed E-state index contributed by atoms with van der Waals surface area (Å²) in [6.45, 7) is 1.95. The van der Waals surface area contributed by atoms with Gasteiger partial charge in [0.1, 0.15) is 23.2 Å². The van der Waals surface area contributed by atoms with Gasteiger partial charge in [-0.25, -0.2) is 19.0 Å². The molecule has 11 heteroatoms. The number of benzene rings is 1. The number of nitrogens with one attached hydrogen (secondary N) is 2. The van der Waals surface area contributed by atoms with Gasteiger partial charge in [-0.3, -0.25) is 0 Å². The summed E-state index contributed by atoms with van der Waals surface area (Å²) in [7, 11) is 0. The Morgan fingerprint density at radius 3 is 2.93 bits per heavy atom. The number of ether oxygens (including phenoxy) is 1. The van der Waals surface area contributed by atoms with Gasteiger partial charge in [-0.05, 0) is 38.8 Å². The van der Waals surface area contributed by atoms with E-state index in [1.165, 1.54) is 18.2 Å². The number of halogens is 4. The number of guanidine groups is 1. The highest BCUT2D eigenvalue weighted by molar-refractivity contribution is 14.0. The van der Waals surface area contributed by atoms with Crippen LogP contribution in [0.15, 0.2) is 23.2 Å². The molecule has 0 bridgehead atoms. The Morgan fingerprint density at radius 1 is 1.41 bits per heavy atom. The van der Waals surface area contributed by atoms with Gasteiger partial charge in [0.05, 0.1) is 18.2 Å². The predicted molar refractivity (Wildman–Crippen MR) is 113 cm³/mol. The molecule has 3 rings (SSSR count). The van der Waals surface area contributed by atoms with Crippen LogP contribution in [-0.2, 0) is 13.1 Å². The average Bonchev–Trinajstić information content (AvgIpc) is 3.02. The van der Waals surface area contributed by atoms with Gasteiger partial charge in [0.25, 0.3) is 0 Å². The minimum atomic E-state index is -3.03. The number of rotatable bonds is 6. The molecule has 0 saturated carbocycles. The van der Waals surface area contributed by atoms with E-state index in [4.69, 9.17) is 0 Å². The van der Waals surface area contributed by atoms with Crippen LogP contribution in [0.2, 0.25) is 0 Å². The molecule has 7 nitrogen and oxygen atoms in total. The number of alkyl halides is 2. The van der Waals surface area contributed by atoms with Crippen LogP contribution in [0.25, 0.3) is 0 Å². The highest BCUT2D eigenvalue weighted by atomic mass is 127. The van der Waals surface area contributed by atoms with Crippen LogP contribution >= 0.6 is 24.0 Å². The summed E-state index contributed by atoms with van der Waals surface area (Å²) in [5.74, 6) is 1.09. The van der Waals surface area contributed by atoms with Crippen molar-refractivity contribution >= 4 is 29.9 Å². The fraction of sp³-hybridized carbons (Fsp3) is 0.500. The molecule has 1 unspecified atom stereocenters. The lowest BCUT2D eigenvalue weighted by Crippen LogP contribution is -2.41. The lowest BCUT2D eigenvalue weighted by atomic mass is 10.1. The zero-order valence-electron chi connectivity index (χ0n) is 16.2. The van der Waals surface area contributed by atoms with Gasteiger partial charge in [-0.15, -0.1) is 24.0 Å². The first-order chi connectivity index (χ1) is 13.5. The first-order valence-electron chi connectivity index (χ1n) is 9.16. The highest BCUT2D eigenvalue weighted by Gasteiger charge is 2.24. The van der Waals surface area contributed by atoms with Gasteiger partial charge < -0.3 is 15.4 Å². The van der Waals surface area contributed by atoms with Gasteiger partial charge in [-0.2, -0.15) is 13.9 Å². The van der Waals surface area contributed by atoms with Gasteiger partial charge in [0.2, 0.25) is 0 Å². The second kappa shape index (κ2) is 10.6. The molecule has 1 atom stereocenters. The van der Waals surface area contributed by atoms with Crippen molar-refractivity contribution in [2.24, 2.45) is 4.99 Å². The molecule has 1 aromatic heterocycles. The van der Waals surface area contributed by atoms with Crippen LogP contribution in [0.3, 0.4) is 0 Å². The Kier molecular flexibility index (Phi) is 8.53. The zero-order chi connectivity index (χ0) is 20.1. The van der Waals surface area contributed by atoms with Crippen molar-refractivity contribution in [2.75, 3.05) is 6.54 Å². The van der Waals surface area contributed by atoms with Crippen molar-refractivity contribution in [1.29, 1.82) is 0 Å². The number of aryl methyl sites for hydroxylation is 2. The number of fused-ring (bicyclic) bond motifs is 1. The van der Waals surface area contributed by atoms with Gasteiger partial charge >= 0.3 is 6.61 Å². The van der Waals surface area contributed by atoms with Crippen LogP contribution in [0.5, 0.6) is 5.75 Å². The first-order valence-corrected chi connectivity index (χ1v) is 9.16. The largest absolute Gasteiger partial charge is 0.434 e. The molecule has 0 radical (unpaired) electrons. The molecule has 0 amide bonds. The Balaban J connectivity index is 0.00000300. The summed E-state index contributed by atoms with van der Waals surface area (Å²) in [6, 6.07) is 3.72. The van der Waals surface area contributed by atoms with E-state index in [0.29, 0.717) is 18.3 Å². The predicted octanol–water partition coefficient (Wildman–Crippen LogP) is 3.54. The molecular formula is C18H24F3IN6O. The van der Waals surface area contributed by atoms with Gasteiger partial charge in [0, 0.05) is 13.1 Å². The SMILES string of the molecule is CCNC(=NCc1c(F)cccc1OC(F)F)NC1CCCn2nc(C)nc21.I. The van der Waals surface area contributed by atoms with Crippen molar-refractivity contribution in [1.82, 2.24) is 25.4 Å². The van der Waals surface area contributed by atoms with Crippen LogP contribution in [0, 0.1) is 12.7 Å². The number of hydrogen-bond acceptors (Lipinski definition) is 4. The van der Waals surface area contributed by atoms with Crippen molar-refractivity contribution in [3.63, 3.8) is 0 Å². The number of aromatic nitrogens is 3. The number of hydrogen-bond donors (Lipinski definition) is 2. The lowest BCUT2D eigenvalue weighted by Gasteiger charge is -2.25. The summed E-state index contributed by atoms with van der Waals surface area (Å²) in [5.41, 5.74) is -0.0253. The summed E-state index contributed by atoms with van der Waals surface area (Å²) in [5, 5.41) is 10.7. The fourth-order valence-corrected chi connectivity index (χ4v) is 3.15. The lowest BCUT2D eigenvalue weighted by molar-refractivity contribution is -0.0506. The van der Waals surface area contributed by atoms with Crippen LogP contribution in [0.4, 0.5) is 13.2 Å². The van der Waals surface area contributed by atoms with E-state index in [1.807, 2.05) is 18.5 Å². The molecule has 0 saturated heterocycles. The Hall–Kier alpha value is -2.05. The zero-order valence-corrected chi connectivity index (χ0v) is 18.5. The number of nitrogens with zero attached hydrogens (tertiary/aromatic N) is 4. The third kappa shape index (κ3) is 5.97. The molecule has 29 heavy (non-hydrogen) atoms. The topological polar surface area (TPSA) is 76.4 Å². The smallest absolute Gasteiger partial charge is 0.387 e. The van der Waals surface area contributed by atoms with E-state index in [-0.39, 0.29) is 47.9 Å². The minimum Gasteiger partial charge on any atom is -0.434 e. The molecule has 1 aromatic carbocycles. The van der Waals surface area contributed by atoms with Crippen molar-refractivity contribution < 1.29 is 17.9 Å². The van der Waals surface area contributed by atoms with Crippen molar-refractivity contribution in [3.05, 3.63) is 41.2 Å². The average molecular weight is 524 g/mol. The van der Waals surface area contributed by atoms with E-state index in [1.54, 1.807) is 0 Å². The molecule has 2 heterocycles. The van der Waals surface area contributed by atoms with E-state index >= 15 is 0 Å². The minimum absolute atomic E-state index is 0. The van der Waals surface area contributed by atoms with E-state index in [2.05, 4.69) is 30.4 Å². The summed E-state index contributed by atoms with van der Waals surface area (Å²) in [4.78, 5) is 8.83. The Labute approximate surface area is 184 Å². The Morgan fingerprint density at radius 2 is 2.21 bits per heavy atom. The van der Waals surface area contributed by atoms with Crippen LogP contribution in [0.1, 0.15) is 43.0 Å². The molecular weight excluding hydrogens is 500 g/mol. The maximum atomic E-state index is 14.1. The second-order valence-corrected chi connectivity index (χ2v) is 6.37. The van der Waals surface area contributed by atoms with E-state index in [9.17, 15) is 13.2 Å². The van der Waals surface area contributed by atoms with Crippen LogP contribution < -0.4 is 15.4 Å². The molecule has 2 N–H and O–H groups in total. The van der Waals surface area contributed by atoms with E-state index in [0.717, 1.165) is 25.2 Å². The van der Waals surface area contributed by atoms with Crippen molar-refractivity contribution in [2.45, 2.75) is 52.4 Å². The molecule has 0 aliphatic carbocycles. The Bertz CT molecular complexity index is 845. The summed E-state index contributed by atoms with van der Waals surface area (Å²) < 4.78 is 45.6. The van der Waals surface area contributed by atoms with Crippen LogP contribution in [-0.4, -0.2) is 33.9 Å². The monoisotopic (exact) mass is 524 g/mol. The molecule has 0 spiro atoms. The normalized spacial score (nSPS) is 16.2. The maximum Gasteiger partial charge on any atom is 0.387 e. The second-order valence-electron chi connectivity index (χ2n) is 6.37. The maximum absolute atomic E-state index is 14.1. The van der Waals surface area contributed by atoms with Crippen molar-refractivity contribution in [3.8, 4) is 5.75 Å². The number of aliphatic imine (C=N–C) groups is 1. The first kappa shape index (κ1) is 23.2. The summed E-state index contributed by atoms with van der Waals surface area (Å²) >= 11 is 0. The highest BCUT2D eigenvalue weighted by Crippen LogP contribution is 2.25. The van der Waals surface area contributed by atoms with E-state index < -0.39 is 12.4 Å². The molecule has 1 aliphatic heterocycles. The third-order valence-electron chi connectivity index (χ3n) is 4.32. The van der Waals surface area contributed by atoms with Gasteiger partial charge in [-0.1, -0.05) is 6.07 Å². The summed E-state index contributed by atoms with van der Waals surface area (Å²) in [6.07, 6.45) is 1.79. The molecule has 0 fully saturated rings. The fourth-order valence-electron chi connectivity index (χ4n) is 3.15. The molecule has 2 aromatic rings.